The molecule has 0 amide bonds. The van der Waals surface area contributed by atoms with E-state index in [0.29, 0.717) is 25.4 Å². The van der Waals surface area contributed by atoms with Crippen LogP contribution in [0.25, 0.3) is 21.5 Å². The molecule has 0 fully saturated rings. The van der Waals surface area contributed by atoms with Gasteiger partial charge in [0, 0.05) is 30.4 Å². The van der Waals surface area contributed by atoms with Crippen LogP contribution in [-0.4, -0.2) is 29.5 Å². The minimum absolute atomic E-state index is 0.232. The summed E-state index contributed by atoms with van der Waals surface area (Å²) in [5, 5.41) is 27.9. The first-order valence-corrected chi connectivity index (χ1v) is 9.35. The molecule has 0 aliphatic heterocycles. The van der Waals surface area contributed by atoms with Crippen molar-refractivity contribution in [2.45, 2.75) is 6.54 Å². The summed E-state index contributed by atoms with van der Waals surface area (Å²) in [5.41, 5.74) is 1.64. The number of rotatable bonds is 6. The highest BCUT2D eigenvalue weighted by Crippen LogP contribution is 2.27. The Bertz CT molecular complexity index is 1150. The van der Waals surface area contributed by atoms with Gasteiger partial charge in [-0.1, -0.05) is 60.7 Å². The number of phenolic OH excluding ortho intramolecular Hbond substituents is 2. The number of nitrogens with zero attached hydrogens (tertiary/aromatic N) is 1. The highest BCUT2D eigenvalue weighted by Gasteiger charge is 2.06. The van der Waals surface area contributed by atoms with Crippen molar-refractivity contribution in [3.63, 3.8) is 0 Å². The molecule has 3 N–H and O–H groups in total. The summed E-state index contributed by atoms with van der Waals surface area (Å²) >= 11 is 0. The van der Waals surface area contributed by atoms with Crippen molar-refractivity contribution >= 4 is 27.8 Å². The number of hydrogen-bond donors (Lipinski definition) is 3. The van der Waals surface area contributed by atoms with Gasteiger partial charge in [-0.3, -0.25) is 4.99 Å². The SMILES string of the molecule is Oc1ccc2ccccc2c1C=NCCNCc1c(O)ccc2ccccc12. The molecule has 0 aliphatic rings. The quantitative estimate of drug-likeness (QED) is 0.343. The van der Waals surface area contributed by atoms with Gasteiger partial charge in [-0.2, -0.15) is 0 Å². The standard InChI is InChI=1S/C24H22N2O2/c27-23-11-9-17-5-1-3-7-19(17)21(23)15-25-13-14-26-16-22-20-8-4-2-6-18(20)10-12-24(22)28/h1-12,15,26-28H,13-14,16H2. The summed E-state index contributed by atoms with van der Waals surface area (Å²) in [5.74, 6) is 0.534. The van der Waals surface area contributed by atoms with Gasteiger partial charge in [-0.05, 0) is 33.7 Å². The average molecular weight is 370 g/mol. The van der Waals surface area contributed by atoms with Gasteiger partial charge in [0.2, 0.25) is 0 Å². The van der Waals surface area contributed by atoms with Gasteiger partial charge >= 0.3 is 0 Å². The summed E-state index contributed by atoms with van der Waals surface area (Å²) in [6, 6.07) is 23.2. The van der Waals surface area contributed by atoms with Crippen molar-refractivity contribution in [2.24, 2.45) is 4.99 Å². The monoisotopic (exact) mass is 370 g/mol. The van der Waals surface area contributed by atoms with Crippen molar-refractivity contribution in [3.8, 4) is 11.5 Å². The Hall–Kier alpha value is -3.37. The van der Waals surface area contributed by atoms with Gasteiger partial charge in [0.25, 0.3) is 0 Å². The van der Waals surface area contributed by atoms with Gasteiger partial charge in [-0.15, -0.1) is 0 Å². The lowest BCUT2D eigenvalue weighted by Crippen LogP contribution is -2.17. The second-order valence-corrected chi connectivity index (χ2v) is 6.72. The first-order chi connectivity index (χ1) is 13.7. The second-order valence-electron chi connectivity index (χ2n) is 6.72. The molecule has 0 atom stereocenters. The zero-order valence-corrected chi connectivity index (χ0v) is 15.5. The molecule has 0 bridgehead atoms. The number of hydrogen-bond acceptors (Lipinski definition) is 4. The summed E-state index contributed by atoms with van der Waals surface area (Å²) in [4.78, 5) is 4.46. The molecule has 4 rings (SSSR count). The predicted octanol–water partition coefficient (Wildman–Crippen LogP) is 4.61. The number of fused-ring (bicyclic) bond motifs is 2. The molecule has 4 heteroatoms. The van der Waals surface area contributed by atoms with Crippen LogP contribution in [0.3, 0.4) is 0 Å². The summed E-state index contributed by atoms with van der Waals surface area (Å²) in [6.07, 6.45) is 1.73. The van der Waals surface area contributed by atoms with Gasteiger partial charge in [0.1, 0.15) is 11.5 Å². The van der Waals surface area contributed by atoms with E-state index in [0.717, 1.165) is 32.7 Å². The molecule has 4 aromatic carbocycles. The third-order valence-electron chi connectivity index (χ3n) is 4.90. The van der Waals surface area contributed by atoms with Gasteiger partial charge in [-0.25, -0.2) is 0 Å². The van der Waals surface area contributed by atoms with E-state index in [4.69, 9.17) is 0 Å². The van der Waals surface area contributed by atoms with Crippen LogP contribution in [0, 0.1) is 0 Å². The molecule has 0 radical (unpaired) electrons. The topological polar surface area (TPSA) is 64.9 Å². The zero-order valence-electron chi connectivity index (χ0n) is 15.5. The van der Waals surface area contributed by atoms with Gasteiger partial charge < -0.3 is 15.5 Å². The maximum atomic E-state index is 10.2. The van der Waals surface area contributed by atoms with E-state index in [9.17, 15) is 10.2 Å². The fourth-order valence-electron chi connectivity index (χ4n) is 3.44. The van der Waals surface area contributed by atoms with Crippen LogP contribution >= 0.6 is 0 Å². The lowest BCUT2D eigenvalue weighted by molar-refractivity contribution is 0.466. The Morgan fingerprint density at radius 2 is 1.39 bits per heavy atom. The van der Waals surface area contributed by atoms with E-state index < -0.39 is 0 Å². The molecule has 4 nitrogen and oxygen atoms in total. The minimum atomic E-state index is 0.232. The lowest BCUT2D eigenvalue weighted by Gasteiger charge is -2.10. The van der Waals surface area contributed by atoms with E-state index in [1.807, 2.05) is 60.7 Å². The lowest BCUT2D eigenvalue weighted by atomic mass is 10.0. The summed E-state index contributed by atoms with van der Waals surface area (Å²) in [7, 11) is 0. The molecule has 0 spiro atoms. The van der Waals surface area contributed by atoms with Crippen LogP contribution in [0.4, 0.5) is 0 Å². The molecular formula is C24H22N2O2. The van der Waals surface area contributed by atoms with Crippen LogP contribution < -0.4 is 5.32 Å². The van der Waals surface area contributed by atoms with Crippen LogP contribution in [0.5, 0.6) is 11.5 Å². The van der Waals surface area contributed by atoms with E-state index in [2.05, 4.69) is 10.3 Å². The first-order valence-electron chi connectivity index (χ1n) is 9.35. The number of phenols is 2. The predicted molar refractivity (Wildman–Crippen MR) is 115 cm³/mol. The average Bonchev–Trinajstić information content (AvgIpc) is 2.73. The van der Waals surface area contributed by atoms with Gasteiger partial charge in [0.05, 0.1) is 6.54 Å². The molecule has 0 unspecified atom stereocenters. The largest absolute Gasteiger partial charge is 0.508 e. The summed E-state index contributed by atoms with van der Waals surface area (Å²) in [6.45, 7) is 1.82. The molecule has 4 aromatic rings. The molecule has 0 heterocycles. The Labute approximate surface area is 163 Å². The zero-order chi connectivity index (χ0) is 19.3. The molecule has 140 valence electrons. The molecule has 0 saturated heterocycles. The maximum absolute atomic E-state index is 10.2. The number of benzene rings is 4. The van der Waals surface area contributed by atoms with Crippen LogP contribution in [0.1, 0.15) is 11.1 Å². The van der Waals surface area contributed by atoms with Gasteiger partial charge in [0.15, 0.2) is 0 Å². The van der Waals surface area contributed by atoms with Crippen molar-refractivity contribution < 1.29 is 10.2 Å². The molecular weight excluding hydrogens is 348 g/mol. The highest BCUT2D eigenvalue weighted by atomic mass is 16.3. The number of nitrogens with one attached hydrogen (secondary N) is 1. The third-order valence-corrected chi connectivity index (χ3v) is 4.90. The van der Waals surface area contributed by atoms with Crippen molar-refractivity contribution in [2.75, 3.05) is 13.1 Å². The van der Waals surface area contributed by atoms with Crippen LogP contribution in [-0.2, 0) is 6.54 Å². The molecule has 0 aliphatic carbocycles. The Balaban J connectivity index is 1.40. The number of aromatic hydroxyl groups is 2. The Morgan fingerprint density at radius 3 is 2.18 bits per heavy atom. The highest BCUT2D eigenvalue weighted by molar-refractivity contribution is 6.02. The first kappa shape index (κ1) is 18.0. The molecule has 28 heavy (non-hydrogen) atoms. The van der Waals surface area contributed by atoms with Crippen molar-refractivity contribution in [1.29, 1.82) is 0 Å². The molecule has 0 saturated carbocycles. The summed E-state index contributed by atoms with van der Waals surface area (Å²) < 4.78 is 0. The van der Waals surface area contributed by atoms with Crippen LogP contribution in [0.15, 0.2) is 77.8 Å². The van der Waals surface area contributed by atoms with E-state index in [1.54, 1.807) is 18.3 Å². The second kappa shape index (κ2) is 8.11. The maximum Gasteiger partial charge on any atom is 0.124 e. The minimum Gasteiger partial charge on any atom is -0.508 e. The molecule has 0 aromatic heterocycles. The third kappa shape index (κ3) is 3.68. The smallest absolute Gasteiger partial charge is 0.124 e. The van der Waals surface area contributed by atoms with Crippen molar-refractivity contribution in [1.82, 2.24) is 5.32 Å². The Morgan fingerprint density at radius 1 is 0.750 bits per heavy atom. The normalized spacial score (nSPS) is 11.6. The Kier molecular flexibility index (Phi) is 5.22. The fourth-order valence-corrected chi connectivity index (χ4v) is 3.44. The van der Waals surface area contributed by atoms with Crippen LogP contribution in [0.2, 0.25) is 0 Å². The fraction of sp³-hybridized carbons (Fsp3) is 0.125. The number of aliphatic imine (C=N–C) groups is 1. The van der Waals surface area contributed by atoms with E-state index in [1.165, 1.54) is 0 Å². The van der Waals surface area contributed by atoms with E-state index in [-0.39, 0.29) is 5.75 Å². The van der Waals surface area contributed by atoms with Crippen molar-refractivity contribution in [3.05, 3.63) is 83.9 Å². The van der Waals surface area contributed by atoms with E-state index >= 15 is 0 Å².